The minimum Gasteiger partial charge on any atom is -0.370 e. The van der Waals surface area contributed by atoms with Crippen molar-refractivity contribution in [2.45, 2.75) is 0 Å². The number of carbonyl (C=O) groups excluding carboxylic acids is 1. The van der Waals surface area contributed by atoms with Crippen molar-refractivity contribution in [1.29, 1.82) is 0 Å². The van der Waals surface area contributed by atoms with Crippen molar-refractivity contribution in [3.8, 4) is 0 Å². The summed E-state index contributed by atoms with van der Waals surface area (Å²) in [6.07, 6.45) is 3.59. The van der Waals surface area contributed by atoms with Crippen molar-refractivity contribution in [2.24, 2.45) is 10.9 Å². The quantitative estimate of drug-likeness (QED) is 0.546. The first-order chi connectivity index (χ1) is 5.38. The molecule has 2 rings (SSSR count). The smallest absolute Gasteiger partial charge is 0.232 e. The fraction of sp³-hybridized carbons (Fsp3) is 0.429. The Bertz CT molecular complexity index is 249. The predicted molar refractivity (Wildman–Crippen MR) is 48.3 cm³/mol. The third kappa shape index (κ3) is 1.43. The maximum atomic E-state index is 11.2. The molecule has 1 amide bonds. The van der Waals surface area contributed by atoms with Gasteiger partial charge in [-0.1, -0.05) is 0 Å². The Hall–Kier alpha value is -1.03. The van der Waals surface area contributed by atoms with E-state index in [0.717, 1.165) is 5.70 Å². The minimum atomic E-state index is -0.0752. The van der Waals surface area contributed by atoms with Crippen LogP contribution in [0.2, 0.25) is 0 Å². The standard InChI is InChI=1S/C7H9N3O.ClH/c11-7-5-3-8-2-1-6(5)9-4-10-7;/h1-2,5,9H,3-4H2,(H,10,11);1H. The molecular weight excluding hydrogens is 178 g/mol. The van der Waals surface area contributed by atoms with Crippen molar-refractivity contribution in [2.75, 3.05) is 13.2 Å². The molecule has 0 radical (unpaired) electrons. The molecule has 12 heavy (non-hydrogen) atoms. The van der Waals surface area contributed by atoms with Crippen molar-refractivity contribution in [3.63, 3.8) is 0 Å². The van der Waals surface area contributed by atoms with Gasteiger partial charge in [-0.15, -0.1) is 12.4 Å². The monoisotopic (exact) mass is 187 g/mol. The zero-order chi connectivity index (χ0) is 7.68. The highest BCUT2D eigenvalue weighted by molar-refractivity contribution is 5.86. The van der Waals surface area contributed by atoms with Gasteiger partial charge in [-0.3, -0.25) is 9.79 Å². The number of carbonyl (C=O) groups is 1. The summed E-state index contributed by atoms with van der Waals surface area (Å²) >= 11 is 0. The summed E-state index contributed by atoms with van der Waals surface area (Å²) in [7, 11) is 0. The van der Waals surface area contributed by atoms with Crippen LogP contribution < -0.4 is 10.6 Å². The Labute approximate surface area is 76.5 Å². The van der Waals surface area contributed by atoms with E-state index in [2.05, 4.69) is 15.6 Å². The van der Waals surface area contributed by atoms with E-state index in [4.69, 9.17) is 0 Å². The van der Waals surface area contributed by atoms with Crippen LogP contribution in [0.15, 0.2) is 16.8 Å². The lowest BCUT2D eigenvalue weighted by Crippen LogP contribution is -2.48. The first-order valence-electron chi connectivity index (χ1n) is 3.59. The molecule has 1 atom stereocenters. The van der Waals surface area contributed by atoms with Gasteiger partial charge in [0.2, 0.25) is 5.91 Å². The average Bonchev–Trinajstić information content (AvgIpc) is 2.06. The van der Waals surface area contributed by atoms with Crippen LogP contribution in [-0.2, 0) is 4.79 Å². The Morgan fingerprint density at radius 2 is 2.33 bits per heavy atom. The number of aliphatic imine (C=N–C) groups is 1. The molecule has 1 fully saturated rings. The topological polar surface area (TPSA) is 53.5 Å². The van der Waals surface area contributed by atoms with Crippen molar-refractivity contribution >= 4 is 24.5 Å². The largest absolute Gasteiger partial charge is 0.370 e. The van der Waals surface area contributed by atoms with Gasteiger partial charge in [0.1, 0.15) is 0 Å². The molecule has 2 aliphatic heterocycles. The number of nitrogens with one attached hydrogen (secondary N) is 2. The molecule has 0 spiro atoms. The van der Waals surface area contributed by atoms with Gasteiger partial charge in [0, 0.05) is 11.9 Å². The Morgan fingerprint density at radius 1 is 1.50 bits per heavy atom. The van der Waals surface area contributed by atoms with Crippen LogP contribution in [0, 0.1) is 5.92 Å². The third-order valence-electron chi connectivity index (χ3n) is 1.89. The van der Waals surface area contributed by atoms with E-state index in [0.29, 0.717) is 13.2 Å². The van der Waals surface area contributed by atoms with E-state index >= 15 is 0 Å². The summed E-state index contributed by atoms with van der Waals surface area (Å²) in [6, 6.07) is 0. The maximum absolute atomic E-state index is 11.2. The maximum Gasteiger partial charge on any atom is 0.232 e. The summed E-state index contributed by atoms with van der Waals surface area (Å²) in [5, 5.41) is 5.81. The van der Waals surface area contributed by atoms with Gasteiger partial charge in [0.15, 0.2) is 0 Å². The number of dihydropyridines is 1. The Balaban J connectivity index is 0.000000720. The molecule has 0 bridgehead atoms. The van der Waals surface area contributed by atoms with Gasteiger partial charge in [0.25, 0.3) is 0 Å². The molecule has 2 N–H and O–H groups in total. The Morgan fingerprint density at radius 3 is 3.08 bits per heavy atom. The molecular formula is C7H10ClN3O. The molecule has 0 aromatic carbocycles. The minimum absolute atomic E-state index is 0. The van der Waals surface area contributed by atoms with Gasteiger partial charge in [0.05, 0.1) is 19.1 Å². The van der Waals surface area contributed by atoms with Crippen LogP contribution in [0.25, 0.3) is 0 Å². The van der Waals surface area contributed by atoms with E-state index in [-0.39, 0.29) is 24.2 Å². The molecule has 1 saturated heterocycles. The second-order valence-corrected chi connectivity index (χ2v) is 2.58. The van der Waals surface area contributed by atoms with E-state index in [1.54, 1.807) is 6.21 Å². The number of fused-ring (bicyclic) bond motifs is 1. The second kappa shape index (κ2) is 3.58. The molecule has 0 aromatic rings. The molecule has 0 saturated carbocycles. The molecule has 0 aliphatic carbocycles. The first-order valence-corrected chi connectivity index (χ1v) is 3.59. The highest BCUT2D eigenvalue weighted by Gasteiger charge is 2.26. The number of nitrogens with zero attached hydrogens (tertiary/aromatic N) is 1. The van der Waals surface area contributed by atoms with E-state index in [9.17, 15) is 4.79 Å². The van der Waals surface area contributed by atoms with Crippen molar-refractivity contribution in [1.82, 2.24) is 10.6 Å². The number of amides is 1. The highest BCUT2D eigenvalue weighted by Crippen LogP contribution is 2.13. The second-order valence-electron chi connectivity index (χ2n) is 2.58. The zero-order valence-corrected chi connectivity index (χ0v) is 7.23. The molecule has 66 valence electrons. The van der Waals surface area contributed by atoms with Gasteiger partial charge in [-0.25, -0.2) is 0 Å². The Kier molecular flexibility index (Phi) is 2.70. The molecule has 1 unspecified atom stereocenters. The van der Waals surface area contributed by atoms with Crippen LogP contribution in [0.5, 0.6) is 0 Å². The van der Waals surface area contributed by atoms with Crippen molar-refractivity contribution < 1.29 is 4.79 Å². The lowest BCUT2D eigenvalue weighted by Gasteiger charge is -2.26. The normalized spacial score (nSPS) is 25.8. The van der Waals surface area contributed by atoms with Crippen molar-refractivity contribution in [3.05, 3.63) is 11.8 Å². The summed E-state index contributed by atoms with van der Waals surface area (Å²) in [5.74, 6) is 0.000556. The summed E-state index contributed by atoms with van der Waals surface area (Å²) in [5.41, 5.74) is 0.990. The fourth-order valence-corrected chi connectivity index (χ4v) is 1.28. The number of rotatable bonds is 0. The van der Waals surface area contributed by atoms with Crippen LogP contribution in [0.1, 0.15) is 0 Å². The van der Waals surface area contributed by atoms with Gasteiger partial charge in [-0.2, -0.15) is 0 Å². The summed E-state index contributed by atoms with van der Waals surface area (Å²) in [6.45, 7) is 1.11. The molecule has 4 nitrogen and oxygen atoms in total. The van der Waals surface area contributed by atoms with Gasteiger partial charge >= 0.3 is 0 Å². The molecule has 2 heterocycles. The molecule has 5 heteroatoms. The summed E-state index contributed by atoms with van der Waals surface area (Å²) in [4.78, 5) is 15.2. The van der Waals surface area contributed by atoms with E-state index < -0.39 is 0 Å². The van der Waals surface area contributed by atoms with Crippen LogP contribution in [-0.4, -0.2) is 25.3 Å². The molecule has 0 aromatic heterocycles. The average molecular weight is 188 g/mol. The van der Waals surface area contributed by atoms with Crippen LogP contribution in [0.4, 0.5) is 0 Å². The van der Waals surface area contributed by atoms with E-state index in [1.807, 2.05) is 6.08 Å². The number of allylic oxidation sites excluding steroid dienone is 1. The number of hydrogen-bond acceptors (Lipinski definition) is 3. The van der Waals surface area contributed by atoms with Gasteiger partial charge in [-0.05, 0) is 6.08 Å². The van der Waals surface area contributed by atoms with E-state index in [1.165, 1.54) is 0 Å². The zero-order valence-electron chi connectivity index (χ0n) is 6.41. The first kappa shape index (κ1) is 9.06. The number of hydrogen-bond donors (Lipinski definition) is 2. The van der Waals surface area contributed by atoms with Crippen LogP contribution in [0.3, 0.4) is 0 Å². The van der Waals surface area contributed by atoms with Gasteiger partial charge < -0.3 is 10.6 Å². The van der Waals surface area contributed by atoms with Crippen LogP contribution >= 0.6 is 12.4 Å². The predicted octanol–water partition coefficient (Wildman–Crippen LogP) is -0.330. The summed E-state index contributed by atoms with van der Waals surface area (Å²) < 4.78 is 0. The lowest BCUT2D eigenvalue weighted by molar-refractivity contribution is -0.124. The fourth-order valence-electron chi connectivity index (χ4n) is 1.28. The lowest BCUT2D eigenvalue weighted by atomic mass is 10.0. The SMILES string of the molecule is Cl.O=C1NCNC2=CC=NCC12. The number of halogens is 1. The highest BCUT2D eigenvalue weighted by atomic mass is 35.5. The third-order valence-corrected chi connectivity index (χ3v) is 1.89. The molecule has 2 aliphatic rings.